The molecule has 0 unspecified atom stereocenters. The number of aryl methyl sites for hydroxylation is 1. The summed E-state index contributed by atoms with van der Waals surface area (Å²) in [5.41, 5.74) is 2.91. The molecule has 0 aliphatic carbocycles. The molecule has 4 rings (SSSR count). The summed E-state index contributed by atoms with van der Waals surface area (Å²) in [7, 11) is -1.41. The predicted molar refractivity (Wildman–Crippen MR) is 184 cm³/mol. The van der Waals surface area contributed by atoms with Gasteiger partial charge in [-0.25, -0.2) is 8.42 Å². The quantitative estimate of drug-likeness (QED) is 0.174. The first-order chi connectivity index (χ1) is 22.6. The maximum Gasteiger partial charge on any atom is 0.264 e. The van der Waals surface area contributed by atoms with E-state index in [9.17, 15) is 18.0 Å². The highest BCUT2D eigenvalue weighted by molar-refractivity contribution is 7.92. The second-order valence-electron chi connectivity index (χ2n) is 11.4. The first-order valence-corrected chi connectivity index (χ1v) is 17.0. The Bertz CT molecular complexity index is 1730. The molecule has 9 nitrogen and oxygen atoms in total. The number of hydrogen-bond acceptors (Lipinski definition) is 6. The highest BCUT2D eigenvalue weighted by atomic mass is 32.2. The van der Waals surface area contributed by atoms with E-state index in [0.717, 1.165) is 21.0 Å². The maximum atomic E-state index is 14.6. The van der Waals surface area contributed by atoms with Crippen LogP contribution in [0.25, 0.3) is 0 Å². The highest BCUT2D eigenvalue weighted by Gasteiger charge is 2.35. The lowest BCUT2D eigenvalue weighted by Crippen LogP contribution is -2.54. The van der Waals surface area contributed by atoms with E-state index >= 15 is 0 Å². The molecule has 10 heteroatoms. The number of rotatable bonds is 15. The normalized spacial score (nSPS) is 12.4. The number of sulfonamides is 1. The van der Waals surface area contributed by atoms with Crippen LogP contribution in [-0.4, -0.2) is 58.0 Å². The largest absolute Gasteiger partial charge is 0.493 e. The molecular weight excluding hydrogens is 614 g/mol. The van der Waals surface area contributed by atoms with Crippen LogP contribution in [0.1, 0.15) is 37.0 Å². The van der Waals surface area contributed by atoms with Crippen molar-refractivity contribution in [3.05, 3.63) is 120 Å². The highest BCUT2D eigenvalue weighted by Crippen LogP contribution is 2.32. The van der Waals surface area contributed by atoms with Gasteiger partial charge in [-0.15, -0.1) is 0 Å². The summed E-state index contributed by atoms with van der Waals surface area (Å²) in [6.07, 6.45) is 0.954. The van der Waals surface area contributed by atoms with Crippen LogP contribution in [-0.2, 0) is 32.6 Å². The van der Waals surface area contributed by atoms with Crippen LogP contribution in [0.2, 0.25) is 0 Å². The molecule has 0 aromatic heterocycles. The lowest BCUT2D eigenvalue weighted by Gasteiger charge is -2.34. The van der Waals surface area contributed by atoms with E-state index in [1.807, 2.05) is 81.4 Å². The van der Waals surface area contributed by atoms with Crippen molar-refractivity contribution in [2.45, 2.75) is 57.1 Å². The van der Waals surface area contributed by atoms with Crippen LogP contribution in [0, 0.1) is 6.92 Å². The number of nitrogens with zero attached hydrogens (tertiary/aromatic N) is 2. The van der Waals surface area contributed by atoms with Crippen LogP contribution in [0.5, 0.6) is 11.5 Å². The van der Waals surface area contributed by atoms with Gasteiger partial charge in [-0.1, -0.05) is 85.3 Å². The molecule has 248 valence electrons. The molecule has 0 bridgehead atoms. The van der Waals surface area contributed by atoms with Crippen molar-refractivity contribution >= 4 is 27.5 Å². The number of anilines is 1. The molecule has 2 atom stereocenters. The van der Waals surface area contributed by atoms with Gasteiger partial charge < -0.3 is 19.7 Å². The molecule has 0 radical (unpaired) electrons. The van der Waals surface area contributed by atoms with E-state index in [2.05, 4.69) is 5.32 Å². The Morgan fingerprint density at radius 2 is 1.40 bits per heavy atom. The third-order valence-electron chi connectivity index (χ3n) is 8.01. The minimum absolute atomic E-state index is 0.0755. The summed E-state index contributed by atoms with van der Waals surface area (Å²) in [4.78, 5) is 29.9. The Morgan fingerprint density at radius 1 is 0.809 bits per heavy atom. The summed E-state index contributed by atoms with van der Waals surface area (Å²) in [5.74, 6) is -0.232. The van der Waals surface area contributed by atoms with Gasteiger partial charge in [-0.2, -0.15) is 0 Å². The van der Waals surface area contributed by atoms with Crippen LogP contribution < -0.4 is 19.1 Å². The molecule has 0 fully saturated rings. The van der Waals surface area contributed by atoms with Gasteiger partial charge in [0.1, 0.15) is 12.6 Å². The zero-order valence-electron chi connectivity index (χ0n) is 27.6. The molecule has 0 aliphatic heterocycles. The van der Waals surface area contributed by atoms with Gasteiger partial charge in [0.15, 0.2) is 11.5 Å². The molecule has 0 heterocycles. The summed E-state index contributed by atoms with van der Waals surface area (Å²) in [6.45, 7) is 5.34. The van der Waals surface area contributed by atoms with Crippen molar-refractivity contribution in [3.63, 3.8) is 0 Å². The van der Waals surface area contributed by atoms with Gasteiger partial charge in [0.05, 0.1) is 24.8 Å². The zero-order chi connectivity index (χ0) is 34.0. The molecule has 1 N–H and O–H groups in total. The van der Waals surface area contributed by atoms with Gasteiger partial charge in [0.2, 0.25) is 11.8 Å². The summed E-state index contributed by atoms with van der Waals surface area (Å²) >= 11 is 0. The van der Waals surface area contributed by atoms with Gasteiger partial charge in [0.25, 0.3) is 10.0 Å². The van der Waals surface area contributed by atoms with Gasteiger partial charge in [-0.3, -0.25) is 13.9 Å². The van der Waals surface area contributed by atoms with Crippen LogP contribution in [0.15, 0.2) is 108 Å². The molecule has 0 saturated heterocycles. The van der Waals surface area contributed by atoms with Crippen molar-refractivity contribution in [1.29, 1.82) is 0 Å². The number of ether oxygens (including phenoxy) is 2. The molecule has 4 aromatic carbocycles. The smallest absolute Gasteiger partial charge is 0.264 e. The first-order valence-electron chi connectivity index (χ1n) is 15.6. The molecule has 0 spiro atoms. The number of benzene rings is 4. The minimum Gasteiger partial charge on any atom is -0.493 e. The fourth-order valence-corrected chi connectivity index (χ4v) is 6.55. The SMILES string of the molecule is CC[C@H](C)NC(=O)[C@H](Cc1ccccc1)N(Cc1ccccc1)C(=O)CN(c1ccc(C)cc1)S(=O)(=O)c1ccc(OC)c(OC)c1. The van der Waals surface area contributed by atoms with Gasteiger partial charge >= 0.3 is 0 Å². The minimum atomic E-state index is -4.30. The number of methoxy groups -OCH3 is 2. The number of amides is 2. The van der Waals surface area contributed by atoms with E-state index < -0.39 is 28.5 Å². The predicted octanol–water partition coefficient (Wildman–Crippen LogP) is 5.76. The summed E-state index contributed by atoms with van der Waals surface area (Å²) < 4.78 is 40.5. The topological polar surface area (TPSA) is 105 Å². The zero-order valence-corrected chi connectivity index (χ0v) is 28.4. The average Bonchev–Trinajstić information content (AvgIpc) is 3.09. The molecule has 0 saturated carbocycles. The fourth-order valence-electron chi connectivity index (χ4n) is 5.12. The van der Waals surface area contributed by atoms with Crippen molar-refractivity contribution in [1.82, 2.24) is 10.2 Å². The molecule has 0 aliphatic rings. The second kappa shape index (κ2) is 16.1. The van der Waals surface area contributed by atoms with Gasteiger partial charge in [0, 0.05) is 25.1 Å². The van der Waals surface area contributed by atoms with E-state index in [1.54, 1.807) is 24.3 Å². The average molecular weight is 658 g/mol. The maximum absolute atomic E-state index is 14.6. The number of nitrogens with one attached hydrogen (secondary N) is 1. The van der Waals surface area contributed by atoms with Crippen LogP contribution in [0.4, 0.5) is 5.69 Å². The number of carbonyl (C=O) groups excluding carboxylic acids is 2. The number of carbonyl (C=O) groups is 2. The van der Waals surface area contributed by atoms with Crippen molar-refractivity contribution < 1.29 is 27.5 Å². The Labute approximate surface area is 278 Å². The first kappa shape index (κ1) is 35.0. The third kappa shape index (κ3) is 8.92. The van der Waals surface area contributed by atoms with E-state index in [4.69, 9.17) is 9.47 Å². The molecule has 4 aromatic rings. The van der Waals surface area contributed by atoms with Gasteiger partial charge in [-0.05, 0) is 55.7 Å². The van der Waals surface area contributed by atoms with E-state index in [1.165, 1.54) is 37.3 Å². The van der Waals surface area contributed by atoms with Crippen LogP contribution in [0.3, 0.4) is 0 Å². The van der Waals surface area contributed by atoms with E-state index in [0.29, 0.717) is 17.9 Å². The standard InChI is InChI=1S/C37H43N3O6S/c1-6-28(3)38-37(42)33(23-29-13-9-7-10-14-29)39(25-30-15-11-8-12-16-30)36(41)26-40(31-19-17-27(2)18-20-31)47(43,44)32-21-22-34(45-4)35(24-32)46-5/h7-22,24,28,33H,6,23,25-26H2,1-5H3,(H,38,42)/t28-,33-/m0/s1. The van der Waals surface area contributed by atoms with Crippen molar-refractivity contribution in [3.8, 4) is 11.5 Å². The van der Waals surface area contributed by atoms with Crippen molar-refractivity contribution in [2.75, 3.05) is 25.1 Å². The fraction of sp³-hybridized carbons (Fsp3) is 0.297. The monoisotopic (exact) mass is 657 g/mol. The summed E-state index contributed by atoms with van der Waals surface area (Å²) in [6, 6.07) is 29.0. The van der Waals surface area contributed by atoms with Crippen LogP contribution >= 0.6 is 0 Å². The molecule has 47 heavy (non-hydrogen) atoms. The third-order valence-corrected chi connectivity index (χ3v) is 9.78. The van der Waals surface area contributed by atoms with E-state index in [-0.39, 0.29) is 35.6 Å². The Morgan fingerprint density at radius 3 is 1.98 bits per heavy atom. The Kier molecular flexibility index (Phi) is 12.0. The lowest BCUT2D eigenvalue weighted by molar-refractivity contribution is -0.140. The second-order valence-corrected chi connectivity index (χ2v) is 13.3. The molecule has 2 amide bonds. The lowest BCUT2D eigenvalue weighted by atomic mass is 10.0. The summed E-state index contributed by atoms with van der Waals surface area (Å²) in [5, 5.41) is 3.05. The Balaban J connectivity index is 1.81. The number of hydrogen-bond donors (Lipinski definition) is 1. The Hall–Kier alpha value is -4.83. The van der Waals surface area contributed by atoms with Crippen molar-refractivity contribution in [2.24, 2.45) is 0 Å². The molecular formula is C37H43N3O6S.